The SMILES string of the molecule is NC(=O)CC(CC(N)=O)CC(=O)O. The zero-order chi connectivity index (χ0) is 10.4. The van der Waals surface area contributed by atoms with Crippen LogP contribution in [0.2, 0.25) is 0 Å². The van der Waals surface area contributed by atoms with Crippen LogP contribution >= 0.6 is 0 Å². The third-order valence-electron chi connectivity index (χ3n) is 1.44. The first-order chi connectivity index (χ1) is 5.91. The van der Waals surface area contributed by atoms with E-state index in [4.69, 9.17) is 16.6 Å². The van der Waals surface area contributed by atoms with Gasteiger partial charge in [0, 0.05) is 19.3 Å². The average Bonchev–Trinajstić information content (AvgIpc) is 1.80. The van der Waals surface area contributed by atoms with Gasteiger partial charge in [0.15, 0.2) is 0 Å². The molecule has 0 aromatic rings. The predicted octanol–water partition coefficient (Wildman–Crippen LogP) is -1.17. The standard InChI is InChI=1S/C7H12N2O4/c8-5(10)1-4(2-6(9)11)3-7(12)13/h4H,1-3H2,(H2,8,10)(H2,9,11)(H,12,13). The second kappa shape index (κ2) is 5.13. The van der Waals surface area contributed by atoms with Gasteiger partial charge in [-0.25, -0.2) is 0 Å². The number of hydrogen-bond acceptors (Lipinski definition) is 3. The first-order valence-corrected chi connectivity index (χ1v) is 3.70. The van der Waals surface area contributed by atoms with Gasteiger partial charge in [0.25, 0.3) is 0 Å². The second-order valence-electron chi connectivity index (χ2n) is 2.80. The molecule has 5 N–H and O–H groups in total. The highest BCUT2D eigenvalue weighted by molar-refractivity contribution is 5.79. The summed E-state index contributed by atoms with van der Waals surface area (Å²) >= 11 is 0. The van der Waals surface area contributed by atoms with Crippen LogP contribution in [0.5, 0.6) is 0 Å². The highest BCUT2D eigenvalue weighted by Crippen LogP contribution is 2.12. The summed E-state index contributed by atoms with van der Waals surface area (Å²) in [6.45, 7) is 0. The molecule has 0 aliphatic heterocycles. The number of carbonyl (C=O) groups excluding carboxylic acids is 2. The summed E-state index contributed by atoms with van der Waals surface area (Å²) in [4.78, 5) is 31.2. The van der Waals surface area contributed by atoms with Crippen LogP contribution in [0.3, 0.4) is 0 Å². The Morgan fingerprint density at radius 1 is 1.00 bits per heavy atom. The van der Waals surface area contributed by atoms with Crippen LogP contribution in [0.25, 0.3) is 0 Å². The Bertz CT molecular complexity index is 188. The van der Waals surface area contributed by atoms with Gasteiger partial charge in [-0.2, -0.15) is 0 Å². The molecule has 0 radical (unpaired) electrons. The highest BCUT2D eigenvalue weighted by Gasteiger charge is 2.17. The Kier molecular flexibility index (Phi) is 4.50. The molecular weight excluding hydrogens is 176 g/mol. The molecular formula is C7H12N2O4. The van der Waals surface area contributed by atoms with E-state index in [2.05, 4.69) is 0 Å². The van der Waals surface area contributed by atoms with E-state index in [1.54, 1.807) is 0 Å². The van der Waals surface area contributed by atoms with Crippen molar-refractivity contribution in [3.8, 4) is 0 Å². The molecule has 0 atom stereocenters. The molecule has 6 heteroatoms. The van der Waals surface area contributed by atoms with E-state index in [9.17, 15) is 14.4 Å². The van der Waals surface area contributed by atoms with Gasteiger partial charge in [-0.05, 0) is 5.92 Å². The Balaban J connectivity index is 4.10. The normalized spacial score (nSPS) is 9.92. The Morgan fingerprint density at radius 2 is 1.38 bits per heavy atom. The summed E-state index contributed by atoms with van der Waals surface area (Å²) in [5, 5.41) is 8.41. The molecule has 0 rings (SSSR count). The van der Waals surface area contributed by atoms with E-state index in [-0.39, 0.29) is 19.3 Å². The molecule has 0 saturated carbocycles. The van der Waals surface area contributed by atoms with Crippen molar-refractivity contribution in [2.45, 2.75) is 19.3 Å². The summed E-state index contributed by atoms with van der Waals surface area (Å²) < 4.78 is 0. The maximum Gasteiger partial charge on any atom is 0.303 e. The molecule has 74 valence electrons. The van der Waals surface area contributed by atoms with Crippen molar-refractivity contribution in [1.29, 1.82) is 0 Å². The molecule has 0 aliphatic carbocycles. The number of aliphatic carboxylic acids is 1. The average molecular weight is 188 g/mol. The van der Waals surface area contributed by atoms with Crippen molar-refractivity contribution < 1.29 is 19.5 Å². The summed E-state index contributed by atoms with van der Waals surface area (Å²) in [5.74, 6) is -2.93. The van der Waals surface area contributed by atoms with Crippen molar-refractivity contribution >= 4 is 17.8 Å². The number of carbonyl (C=O) groups is 3. The molecule has 2 amide bonds. The Morgan fingerprint density at radius 3 is 1.62 bits per heavy atom. The van der Waals surface area contributed by atoms with Gasteiger partial charge in [0.2, 0.25) is 11.8 Å². The van der Waals surface area contributed by atoms with Crippen LogP contribution in [0, 0.1) is 5.92 Å². The van der Waals surface area contributed by atoms with Gasteiger partial charge in [0.05, 0.1) is 0 Å². The van der Waals surface area contributed by atoms with E-state index in [0.717, 1.165) is 0 Å². The van der Waals surface area contributed by atoms with Gasteiger partial charge >= 0.3 is 5.97 Å². The summed E-state index contributed by atoms with van der Waals surface area (Å²) in [5.41, 5.74) is 9.72. The van der Waals surface area contributed by atoms with E-state index in [1.165, 1.54) is 0 Å². The molecule has 0 aromatic heterocycles. The summed E-state index contributed by atoms with van der Waals surface area (Å²) in [6, 6.07) is 0. The van der Waals surface area contributed by atoms with E-state index < -0.39 is 23.7 Å². The highest BCUT2D eigenvalue weighted by atomic mass is 16.4. The van der Waals surface area contributed by atoms with Crippen molar-refractivity contribution in [1.82, 2.24) is 0 Å². The number of primary amides is 2. The lowest BCUT2D eigenvalue weighted by atomic mass is 9.97. The maximum absolute atomic E-state index is 10.4. The van der Waals surface area contributed by atoms with Gasteiger partial charge in [-0.15, -0.1) is 0 Å². The molecule has 0 heterocycles. The second-order valence-corrected chi connectivity index (χ2v) is 2.80. The third kappa shape index (κ3) is 6.79. The fourth-order valence-corrected chi connectivity index (χ4v) is 1.03. The van der Waals surface area contributed by atoms with Crippen LogP contribution in [-0.4, -0.2) is 22.9 Å². The minimum atomic E-state index is -1.08. The maximum atomic E-state index is 10.4. The first kappa shape index (κ1) is 11.4. The van der Waals surface area contributed by atoms with Crippen LogP contribution < -0.4 is 11.5 Å². The fraction of sp³-hybridized carbons (Fsp3) is 0.571. The lowest BCUT2D eigenvalue weighted by Gasteiger charge is -2.09. The van der Waals surface area contributed by atoms with E-state index in [0.29, 0.717) is 0 Å². The molecule has 0 unspecified atom stereocenters. The van der Waals surface area contributed by atoms with Gasteiger partial charge in [-0.1, -0.05) is 0 Å². The topological polar surface area (TPSA) is 123 Å². The number of rotatable bonds is 6. The van der Waals surface area contributed by atoms with Crippen molar-refractivity contribution in [3.63, 3.8) is 0 Å². The number of amides is 2. The molecule has 0 aromatic carbocycles. The van der Waals surface area contributed by atoms with Gasteiger partial charge < -0.3 is 16.6 Å². The van der Waals surface area contributed by atoms with Crippen molar-refractivity contribution in [2.24, 2.45) is 17.4 Å². The van der Waals surface area contributed by atoms with Gasteiger partial charge in [-0.3, -0.25) is 14.4 Å². The van der Waals surface area contributed by atoms with Crippen LogP contribution in [0.1, 0.15) is 19.3 Å². The monoisotopic (exact) mass is 188 g/mol. The summed E-state index contributed by atoms with van der Waals surface area (Å²) in [7, 11) is 0. The minimum Gasteiger partial charge on any atom is -0.481 e. The largest absolute Gasteiger partial charge is 0.481 e. The number of nitrogens with two attached hydrogens (primary N) is 2. The van der Waals surface area contributed by atoms with Crippen LogP contribution in [0.15, 0.2) is 0 Å². The third-order valence-corrected chi connectivity index (χ3v) is 1.44. The molecule has 6 nitrogen and oxygen atoms in total. The summed E-state index contributed by atoms with van der Waals surface area (Å²) in [6.07, 6.45) is -0.531. The molecule has 0 saturated heterocycles. The van der Waals surface area contributed by atoms with Crippen LogP contribution in [-0.2, 0) is 14.4 Å². The number of carboxylic acids is 1. The number of hydrogen-bond donors (Lipinski definition) is 3. The lowest BCUT2D eigenvalue weighted by Crippen LogP contribution is -2.23. The molecule has 0 spiro atoms. The number of carboxylic acid groups (broad SMARTS) is 1. The molecule has 0 fully saturated rings. The van der Waals surface area contributed by atoms with E-state index >= 15 is 0 Å². The quantitative estimate of drug-likeness (QED) is 0.485. The molecule has 13 heavy (non-hydrogen) atoms. The van der Waals surface area contributed by atoms with Crippen molar-refractivity contribution in [3.05, 3.63) is 0 Å². The zero-order valence-corrected chi connectivity index (χ0v) is 7.03. The van der Waals surface area contributed by atoms with E-state index in [1.807, 2.05) is 0 Å². The first-order valence-electron chi connectivity index (χ1n) is 3.70. The fourth-order valence-electron chi connectivity index (χ4n) is 1.03. The van der Waals surface area contributed by atoms with Crippen molar-refractivity contribution in [2.75, 3.05) is 0 Å². The Labute approximate surface area is 74.9 Å². The smallest absolute Gasteiger partial charge is 0.303 e. The zero-order valence-electron chi connectivity index (χ0n) is 7.03. The Hall–Kier alpha value is -1.59. The lowest BCUT2D eigenvalue weighted by molar-refractivity contribution is -0.138. The van der Waals surface area contributed by atoms with Crippen LogP contribution in [0.4, 0.5) is 0 Å². The predicted molar refractivity (Wildman–Crippen MR) is 43.4 cm³/mol. The molecule has 0 aliphatic rings. The van der Waals surface area contributed by atoms with Gasteiger partial charge in [0.1, 0.15) is 0 Å². The minimum absolute atomic E-state index is 0.130. The molecule has 0 bridgehead atoms.